The fourth-order valence-corrected chi connectivity index (χ4v) is 4.21. The van der Waals surface area contributed by atoms with Crippen LogP contribution in [0.15, 0.2) is 59.8 Å². The van der Waals surface area contributed by atoms with Crippen LogP contribution in [0.2, 0.25) is 10.0 Å². The van der Waals surface area contributed by atoms with Crippen LogP contribution in [-0.2, 0) is 13.6 Å². The van der Waals surface area contributed by atoms with Gasteiger partial charge in [-0.25, -0.2) is 14.4 Å². The maximum absolute atomic E-state index is 14.6. The minimum Gasteiger partial charge on any atom is -0.416 e. The smallest absolute Gasteiger partial charge is 0.259 e. The van der Waals surface area contributed by atoms with E-state index < -0.39 is 5.82 Å². The third-order valence-corrected chi connectivity index (χ3v) is 6.02. The number of halogens is 3. The Morgan fingerprint density at radius 2 is 1.89 bits per heavy atom. The van der Waals surface area contributed by atoms with E-state index in [0.717, 1.165) is 0 Å². The van der Waals surface area contributed by atoms with Crippen molar-refractivity contribution in [2.24, 2.45) is 7.05 Å². The number of aryl methyl sites for hydroxylation is 2. The predicted molar refractivity (Wildman–Crippen MR) is 136 cm³/mol. The molecule has 36 heavy (non-hydrogen) atoms. The van der Waals surface area contributed by atoms with Crippen LogP contribution in [0, 0.1) is 5.82 Å². The first-order valence-electron chi connectivity index (χ1n) is 10.8. The molecule has 0 bridgehead atoms. The zero-order chi connectivity index (χ0) is 25.4. The quantitative estimate of drug-likeness (QED) is 0.308. The van der Waals surface area contributed by atoms with Gasteiger partial charge in [0.25, 0.3) is 11.4 Å². The maximum atomic E-state index is 14.6. The average molecular weight is 526 g/mol. The molecule has 12 heteroatoms. The minimum atomic E-state index is -0.694. The fourth-order valence-electron chi connectivity index (χ4n) is 3.61. The Labute approximate surface area is 214 Å². The minimum absolute atomic E-state index is 0.151. The summed E-state index contributed by atoms with van der Waals surface area (Å²) in [5, 5.41) is 8.35. The molecule has 0 atom stereocenters. The van der Waals surface area contributed by atoms with Crippen molar-refractivity contribution in [3.8, 4) is 22.9 Å². The van der Waals surface area contributed by atoms with Gasteiger partial charge in [0, 0.05) is 49.1 Å². The lowest BCUT2D eigenvalue weighted by molar-refractivity contribution is 0.401. The van der Waals surface area contributed by atoms with Gasteiger partial charge in [0.05, 0.1) is 27.5 Å². The van der Waals surface area contributed by atoms with Gasteiger partial charge in [-0.1, -0.05) is 29.3 Å². The van der Waals surface area contributed by atoms with Crippen molar-refractivity contribution < 1.29 is 9.13 Å². The lowest BCUT2D eigenvalue weighted by Gasteiger charge is -2.12. The highest BCUT2D eigenvalue weighted by Crippen LogP contribution is 2.34. The van der Waals surface area contributed by atoms with Crippen LogP contribution >= 0.6 is 23.2 Å². The van der Waals surface area contributed by atoms with Gasteiger partial charge in [-0.15, -0.1) is 5.10 Å². The molecule has 4 aromatic heterocycles. The molecular weight excluding hydrogens is 508 g/mol. The first-order valence-corrected chi connectivity index (χ1v) is 11.5. The highest BCUT2D eigenvalue weighted by molar-refractivity contribution is 6.39. The van der Waals surface area contributed by atoms with E-state index in [-0.39, 0.29) is 23.3 Å². The summed E-state index contributed by atoms with van der Waals surface area (Å²) in [4.78, 5) is 25.8. The molecule has 0 aliphatic rings. The molecule has 0 aliphatic carbocycles. The van der Waals surface area contributed by atoms with Crippen molar-refractivity contribution in [2.45, 2.75) is 13.5 Å². The molecule has 0 aliphatic heterocycles. The number of ether oxygens (including phenoxy) is 1. The third-order valence-electron chi connectivity index (χ3n) is 5.39. The highest BCUT2D eigenvalue weighted by Gasteiger charge is 2.17. The van der Waals surface area contributed by atoms with Crippen LogP contribution in [-0.4, -0.2) is 29.3 Å². The van der Waals surface area contributed by atoms with Crippen LogP contribution < -0.4 is 15.6 Å². The molecule has 5 rings (SSSR count). The highest BCUT2D eigenvalue weighted by atomic mass is 35.5. The summed E-state index contributed by atoms with van der Waals surface area (Å²) in [6, 6.07) is 9.50. The summed E-state index contributed by atoms with van der Waals surface area (Å²) in [6.45, 7) is 2.59. The van der Waals surface area contributed by atoms with Gasteiger partial charge >= 0.3 is 0 Å². The van der Waals surface area contributed by atoms with Crippen molar-refractivity contribution in [1.29, 1.82) is 0 Å². The van der Waals surface area contributed by atoms with Gasteiger partial charge in [-0.3, -0.25) is 14.0 Å². The topological polar surface area (TPSA) is 99.8 Å². The summed E-state index contributed by atoms with van der Waals surface area (Å²) >= 11 is 12.6. The molecule has 0 unspecified atom stereocenters. The molecule has 1 N–H and O–H groups in total. The predicted octanol–water partition coefficient (Wildman–Crippen LogP) is 5.59. The van der Waals surface area contributed by atoms with Gasteiger partial charge < -0.3 is 10.1 Å². The van der Waals surface area contributed by atoms with E-state index in [2.05, 4.69) is 25.4 Å². The zero-order valence-electron chi connectivity index (χ0n) is 19.0. The molecule has 9 nitrogen and oxygen atoms in total. The standard InChI is InChI=1S/C24H18Cl2FN7O2/c1-3-34-8-7-19(32-34)36-22-18(27)10-14(12-28-22)30-24-29-11-13-9-15(23(35)33(2)21(13)31-24)20-16(25)5-4-6-17(20)26/h4-12H,3H2,1-2H3,(H,29,30,31). The van der Waals surface area contributed by atoms with E-state index in [1.165, 1.54) is 16.8 Å². The third kappa shape index (κ3) is 4.48. The van der Waals surface area contributed by atoms with E-state index >= 15 is 0 Å². The van der Waals surface area contributed by atoms with Crippen molar-refractivity contribution in [3.63, 3.8) is 0 Å². The number of rotatable bonds is 6. The molecule has 0 saturated heterocycles. The Morgan fingerprint density at radius 1 is 1.11 bits per heavy atom. The SMILES string of the molecule is CCn1ccc(Oc2ncc(Nc3ncc4cc(-c5c(Cl)cccc5Cl)c(=O)n(C)c4n3)cc2F)n1. The summed E-state index contributed by atoms with van der Waals surface area (Å²) in [5.74, 6) is -0.521. The van der Waals surface area contributed by atoms with E-state index in [1.807, 2.05) is 6.92 Å². The summed E-state index contributed by atoms with van der Waals surface area (Å²) < 4.78 is 23.0. The Bertz CT molecular complexity index is 1650. The summed E-state index contributed by atoms with van der Waals surface area (Å²) in [7, 11) is 1.59. The van der Waals surface area contributed by atoms with Gasteiger partial charge in [-0.05, 0) is 25.1 Å². The second kappa shape index (κ2) is 9.56. The van der Waals surface area contributed by atoms with Crippen molar-refractivity contribution in [2.75, 3.05) is 5.32 Å². The Kier molecular flexibility index (Phi) is 6.29. The summed E-state index contributed by atoms with van der Waals surface area (Å²) in [5.41, 5.74) is 1.10. The molecule has 5 aromatic rings. The van der Waals surface area contributed by atoms with Crippen molar-refractivity contribution in [1.82, 2.24) is 29.3 Å². The van der Waals surface area contributed by atoms with Gasteiger partial charge in [-0.2, -0.15) is 4.98 Å². The molecule has 0 amide bonds. The first kappa shape index (κ1) is 23.7. The van der Waals surface area contributed by atoms with Crippen molar-refractivity contribution >= 4 is 45.9 Å². The van der Waals surface area contributed by atoms with Crippen LogP contribution in [0.1, 0.15) is 6.92 Å². The Morgan fingerprint density at radius 3 is 2.58 bits per heavy atom. The fraction of sp³-hybridized carbons (Fsp3) is 0.125. The average Bonchev–Trinajstić information content (AvgIpc) is 3.32. The number of aromatic nitrogens is 6. The number of benzene rings is 1. The van der Waals surface area contributed by atoms with E-state index in [0.29, 0.717) is 44.4 Å². The van der Waals surface area contributed by atoms with Crippen LogP contribution in [0.5, 0.6) is 11.8 Å². The molecule has 0 saturated carbocycles. The Balaban J connectivity index is 1.43. The second-order valence-corrected chi connectivity index (χ2v) is 8.55. The van der Waals surface area contributed by atoms with Crippen LogP contribution in [0.3, 0.4) is 0 Å². The molecule has 0 fully saturated rings. The first-order chi connectivity index (χ1) is 17.3. The molecule has 0 spiro atoms. The lowest BCUT2D eigenvalue weighted by atomic mass is 10.1. The molecule has 1 aromatic carbocycles. The number of anilines is 2. The number of hydrogen-bond acceptors (Lipinski definition) is 7. The second-order valence-electron chi connectivity index (χ2n) is 7.74. The monoisotopic (exact) mass is 525 g/mol. The van der Waals surface area contributed by atoms with Crippen LogP contribution in [0.4, 0.5) is 16.0 Å². The van der Waals surface area contributed by atoms with E-state index in [1.54, 1.807) is 54.5 Å². The number of nitrogens with one attached hydrogen (secondary N) is 1. The molecule has 0 radical (unpaired) electrons. The normalized spacial score (nSPS) is 11.1. The van der Waals surface area contributed by atoms with Gasteiger partial charge in [0.1, 0.15) is 5.65 Å². The Hall–Kier alpha value is -4.02. The number of fused-ring (bicyclic) bond motifs is 1. The number of pyridine rings is 2. The molecule has 182 valence electrons. The maximum Gasteiger partial charge on any atom is 0.259 e. The largest absolute Gasteiger partial charge is 0.416 e. The molecular formula is C24H18Cl2FN7O2. The number of hydrogen-bond donors (Lipinski definition) is 1. The van der Waals surface area contributed by atoms with Crippen LogP contribution in [0.25, 0.3) is 22.2 Å². The number of nitrogens with zero attached hydrogens (tertiary/aromatic N) is 6. The van der Waals surface area contributed by atoms with Gasteiger partial charge in [0.15, 0.2) is 5.82 Å². The molecule has 4 heterocycles. The van der Waals surface area contributed by atoms with Gasteiger partial charge in [0.2, 0.25) is 11.8 Å². The van der Waals surface area contributed by atoms with E-state index in [9.17, 15) is 9.18 Å². The van der Waals surface area contributed by atoms with Crippen molar-refractivity contribution in [3.05, 3.63) is 81.2 Å². The summed E-state index contributed by atoms with van der Waals surface area (Å²) in [6.07, 6.45) is 4.65. The van der Waals surface area contributed by atoms with E-state index in [4.69, 9.17) is 27.9 Å². The lowest BCUT2D eigenvalue weighted by Crippen LogP contribution is -2.20. The zero-order valence-corrected chi connectivity index (χ0v) is 20.5.